The highest BCUT2D eigenvalue weighted by molar-refractivity contribution is 5.97. The Balaban J connectivity index is 1.62. The Hall–Kier alpha value is -3.30. The third-order valence-electron chi connectivity index (χ3n) is 5.39. The number of carbonyl (C=O) groups excluding carboxylic acids is 2. The molecule has 0 bridgehead atoms. The summed E-state index contributed by atoms with van der Waals surface area (Å²) in [6.07, 6.45) is -3.59. The van der Waals surface area contributed by atoms with Gasteiger partial charge in [-0.2, -0.15) is 13.2 Å². The maximum Gasteiger partial charge on any atom is 0.419 e. The Morgan fingerprint density at radius 3 is 2.42 bits per heavy atom. The molecule has 0 N–H and O–H groups in total. The van der Waals surface area contributed by atoms with Crippen LogP contribution in [0.5, 0.6) is 11.5 Å². The number of alkyl halides is 3. The number of benzene rings is 2. The second-order valence-corrected chi connectivity index (χ2v) is 7.46. The number of ether oxygens (including phenoxy) is 3. The van der Waals surface area contributed by atoms with Gasteiger partial charge in [-0.15, -0.1) is 0 Å². The monoisotopic (exact) mass is 469 g/mol. The van der Waals surface area contributed by atoms with E-state index in [1.165, 1.54) is 19.1 Å². The Morgan fingerprint density at radius 1 is 1.06 bits per heavy atom. The molecule has 1 aliphatic heterocycles. The van der Waals surface area contributed by atoms with E-state index >= 15 is 0 Å². The lowest BCUT2D eigenvalue weighted by molar-refractivity contribution is -0.148. The first kappa shape index (κ1) is 24.3. The number of halogens is 4. The van der Waals surface area contributed by atoms with Crippen LogP contribution in [0.15, 0.2) is 36.4 Å². The van der Waals surface area contributed by atoms with E-state index in [-0.39, 0.29) is 18.7 Å². The molecule has 2 aromatic carbocycles. The molecule has 1 amide bonds. The summed E-state index contributed by atoms with van der Waals surface area (Å²) in [7, 11) is 3.03. The van der Waals surface area contributed by atoms with Gasteiger partial charge in [0.05, 0.1) is 26.4 Å². The standard InChI is InChI=1S/C23H23F4NO5/c1-31-19-8-5-14(12-20(19)32-2)9-11-33-22(30)18-4-3-10-28(18)21(29)15-6-7-16(17(24)13-15)23(25,26)27/h5-8,12-13,18H,3-4,9-11H2,1-2H3/t18-/m0/s1. The minimum atomic E-state index is -4.86. The topological polar surface area (TPSA) is 65.1 Å². The molecule has 2 aromatic rings. The van der Waals surface area contributed by atoms with Gasteiger partial charge in [0.15, 0.2) is 11.5 Å². The molecule has 1 aliphatic rings. The predicted molar refractivity (Wildman–Crippen MR) is 110 cm³/mol. The summed E-state index contributed by atoms with van der Waals surface area (Å²) in [6.45, 7) is 0.276. The zero-order valence-electron chi connectivity index (χ0n) is 18.1. The van der Waals surface area contributed by atoms with Gasteiger partial charge >= 0.3 is 12.1 Å². The molecule has 178 valence electrons. The van der Waals surface area contributed by atoms with Gasteiger partial charge in [-0.25, -0.2) is 9.18 Å². The summed E-state index contributed by atoms with van der Waals surface area (Å²) in [5.41, 5.74) is -0.864. The molecule has 0 aliphatic carbocycles. The highest BCUT2D eigenvalue weighted by atomic mass is 19.4. The number of hydrogen-bond donors (Lipinski definition) is 0. The maximum atomic E-state index is 13.9. The van der Waals surface area contributed by atoms with Crippen molar-refractivity contribution in [3.05, 3.63) is 58.9 Å². The van der Waals surface area contributed by atoms with Crippen LogP contribution in [0.4, 0.5) is 17.6 Å². The van der Waals surface area contributed by atoms with Crippen molar-refractivity contribution in [2.75, 3.05) is 27.4 Å². The van der Waals surface area contributed by atoms with E-state index in [2.05, 4.69) is 0 Å². The molecule has 1 fully saturated rings. The zero-order valence-corrected chi connectivity index (χ0v) is 18.1. The van der Waals surface area contributed by atoms with Crippen molar-refractivity contribution in [1.82, 2.24) is 4.90 Å². The lowest BCUT2D eigenvalue weighted by Crippen LogP contribution is -2.41. The van der Waals surface area contributed by atoms with Crippen LogP contribution < -0.4 is 9.47 Å². The largest absolute Gasteiger partial charge is 0.493 e. The van der Waals surface area contributed by atoms with E-state index < -0.39 is 35.5 Å². The second kappa shape index (κ2) is 10.1. The van der Waals surface area contributed by atoms with Crippen LogP contribution in [0.1, 0.15) is 34.3 Å². The first-order chi connectivity index (χ1) is 15.7. The quantitative estimate of drug-likeness (QED) is 0.448. The van der Waals surface area contributed by atoms with Gasteiger partial charge in [0.2, 0.25) is 0 Å². The molecule has 10 heteroatoms. The molecule has 0 aromatic heterocycles. The first-order valence-corrected chi connectivity index (χ1v) is 10.2. The number of carbonyl (C=O) groups is 2. The summed E-state index contributed by atoms with van der Waals surface area (Å²) in [4.78, 5) is 26.5. The first-order valence-electron chi connectivity index (χ1n) is 10.2. The van der Waals surface area contributed by atoms with E-state index in [1.54, 1.807) is 18.2 Å². The minimum absolute atomic E-state index is 0.0573. The molecule has 1 atom stereocenters. The van der Waals surface area contributed by atoms with Crippen LogP contribution in [-0.4, -0.2) is 50.2 Å². The van der Waals surface area contributed by atoms with E-state index in [9.17, 15) is 27.2 Å². The molecule has 6 nitrogen and oxygen atoms in total. The van der Waals surface area contributed by atoms with Gasteiger partial charge in [0, 0.05) is 18.5 Å². The maximum absolute atomic E-state index is 13.9. The number of amides is 1. The summed E-state index contributed by atoms with van der Waals surface area (Å²) < 4.78 is 67.9. The van der Waals surface area contributed by atoms with E-state index in [0.717, 1.165) is 11.6 Å². The molecular formula is C23H23F4NO5. The zero-order chi connectivity index (χ0) is 24.2. The number of likely N-dealkylation sites (tertiary alicyclic amines) is 1. The molecule has 0 spiro atoms. The van der Waals surface area contributed by atoms with Crippen LogP contribution in [0.3, 0.4) is 0 Å². The molecule has 0 radical (unpaired) electrons. The second-order valence-electron chi connectivity index (χ2n) is 7.46. The average molecular weight is 469 g/mol. The fraction of sp³-hybridized carbons (Fsp3) is 0.391. The Morgan fingerprint density at radius 2 is 1.79 bits per heavy atom. The van der Waals surface area contributed by atoms with Gasteiger partial charge in [-0.1, -0.05) is 6.07 Å². The van der Waals surface area contributed by atoms with Crippen LogP contribution >= 0.6 is 0 Å². The Labute approximate surface area is 188 Å². The van der Waals surface area contributed by atoms with Crippen LogP contribution in [0.2, 0.25) is 0 Å². The normalized spacial score (nSPS) is 15.9. The van der Waals surface area contributed by atoms with Crippen LogP contribution in [-0.2, 0) is 22.1 Å². The van der Waals surface area contributed by atoms with Crippen LogP contribution in [0.25, 0.3) is 0 Å². The van der Waals surface area contributed by atoms with Gasteiger partial charge < -0.3 is 19.1 Å². The fourth-order valence-corrected chi connectivity index (χ4v) is 3.70. The lowest BCUT2D eigenvalue weighted by Gasteiger charge is -2.23. The molecule has 1 saturated heterocycles. The summed E-state index contributed by atoms with van der Waals surface area (Å²) >= 11 is 0. The van der Waals surface area contributed by atoms with Crippen LogP contribution in [0, 0.1) is 5.82 Å². The predicted octanol–water partition coefficient (Wildman–Crippen LogP) is 4.25. The Bertz CT molecular complexity index is 1020. The molecule has 3 rings (SSSR count). The number of rotatable bonds is 7. The van der Waals surface area contributed by atoms with E-state index in [1.807, 2.05) is 0 Å². The highest BCUT2D eigenvalue weighted by Gasteiger charge is 2.37. The van der Waals surface area contributed by atoms with Crippen molar-refractivity contribution in [1.29, 1.82) is 0 Å². The number of nitrogens with zero attached hydrogens (tertiary/aromatic N) is 1. The van der Waals surface area contributed by atoms with Crippen molar-refractivity contribution in [3.8, 4) is 11.5 Å². The van der Waals surface area contributed by atoms with Crippen molar-refractivity contribution in [2.24, 2.45) is 0 Å². The number of methoxy groups -OCH3 is 2. The molecule has 0 saturated carbocycles. The SMILES string of the molecule is COc1ccc(CCOC(=O)[C@@H]2CCCN2C(=O)c2ccc(C(F)(F)F)c(F)c2)cc1OC. The van der Waals surface area contributed by atoms with Gasteiger partial charge in [-0.05, 0) is 48.7 Å². The minimum Gasteiger partial charge on any atom is -0.493 e. The third kappa shape index (κ3) is 5.55. The summed E-state index contributed by atoms with van der Waals surface area (Å²) in [5.74, 6) is -1.77. The lowest BCUT2D eigenvalue weighted by atomic mass is 10.1. The fourth-order valence-electron chi connectivity index (χ4n) is 3.70. The van der Waals surface area contributed by atoms with E-state index in [4.69, 9.17) is 14.2 Å². The van der Waals surface area contributed by atoms with E-state index in [0.29, 0.717) is 42.9 Å². The van der Waals surface area contributed by atoms with Gasteiger partial charge in [-0.3, -0.25) is 4.79 Å². The van der Waals surface area contributed by atoms with Gasteiger partial charge in [0.25, 0.3) is 5.91 Å². The highest BCUT2D eigenvalue weighted by Crippen LogP contribution is 2.32. The van der Waals surface area contributed by atoms with Gasteiger partial charge in [0.1, 0.15) is 11.9 Å². The number of hydrogen-bond acceptors (Lipinski definition) is 5. The van der Waals surface area contributed by atoms with Crippen molar-refractivity contribution < 1.29 is 41.4 Å². The van der Waals surface area contributed by atoms with Crippen molar-refractivity contribution in [3.63, 3.8) is 0 Å². The summed E-state index contributed by atoms with van der Waals surface area (Å²) in [5, 5.41) is 0. The molecular weight excluding hydrogens is 446 g/mol. The third-order valence-corrected chi connectivity index (χ3v) is 5.39. The smallest absolute Gasteiger partial charge is 0.419 e. The van der Waals surface area contributed by atoms with Crippen molar-refractivity contribution in [2.45, 2.75) is 31.5 Å². The molecule has 1 heterocycles. The summed E-state index contributed by atoms with van der Waals surface area (Å²) in [6, 6.07) is 6.39. The number of esters is 1. The molecule has 0 unspecified atom stereocenters. The average Bonchev–Trinajstić information content (AvgIpc) is 3.27. The Kier molecular flexibility index (Phi) is 7.45. The van der Waals surface area contributed by atoms with Crippen molar-refractivity contribution >= 4 is 11.9 Å². The molecule has 33 heavy (non-hydrogen) atoms.